The fourth-order valence-electron chi connectivity index (χ4n) is 2.05. The van der Waals surface area contributed by atoms with Crippen LogP contribution in [0.4, 0.5) is 0 Å². The summed E-state index contributed by atoms with van der Waals surface area (Å²) in [5.41, 5.74) is 2.33. The molecule has 0 aliphatic heterocycles. The zero-order chi connectivity index (χ0) is 13.1. The van der Waals surface area contributed by atoms with Crippen LogP contribution in [0.1, 0.15) is 15.4 Å². The number of fused-ring (bicyclic) bond motifs is 1. The highest BCUT2D eigenvalue weighted by atomic mass is 32.1. The standard InChI is InChI=1S/C15H15N3S/c1-11-18-10-14(19-11)9-16-8-12-4-5-15-13(7-12)3-2-6-17-15/h2-7,10,16H,8-9H2,1H3. The molecule has 96 valence electrons. The molecule has 0 saturated carbocycles. The number of nitrogens with zero attached hydrogens (tertiary/aromatic N) is 2. The van der Waals surface area contributed by atoms with Crippen molar-refractivity contribution in [2.75, 3.05) is 0 Å². The summed E-state index contributed by atoms with van der Waals surface area (Å²) in [6.45, 7) is 3.77. The van der Waals surface area contributed by atoms with Crippen molar-refractivity contribution in [3.05, 3.63) is 58.2 Å². The van der Waals surface area contributed by atoms with Crippen molar-refractivity contribution in [3.63, 3.8) is 0 Å². The van der Waals surface area contributed by atoms with Gasteiger partial charge in [-0.2, -0.15) is 0 Å². The number of pyridine rings is 1. The molecular formula is C15H15N3S. The van der Waals surface area contributed by atoms with Gasteiger partial charge in [-0.3, -0.25) is 4.98 Å². The van der Waals surface area contributed by atoms with E-state index >= 15 is 0 Å². The van der Waals surface area contributed by atoms with Gasteiger partial charge in [-0.25, -0.2) is 4.98 Å². The van der Waals surface area contributed by atoms with Gasteiger partial charge in [0, 0.05) is 35.7 Å². The third-order valence-electron chi connectivity index (χ3n) is 2.96. The molecule has 0 saturated heterocycles. The summed E-state index contributed by atoms with van der Waals surface area (Å²) >= 11 is 1.74. The Balaban J connectivity index is 1.65. The highest BCUT2D eigenvalue weighted by molar-refractivity contribution is 7.11. The van der Waals surface area contributed by atoms with Crippen molar-refractivity contribution < 1.29 is 0 Å². The molecular weight excluding hydrogens is 254 g/mol. The quantitative estimate of drug-likeness (QED) is 0.789. The molecule has 0 aliphatic rings. The summed E-state index contributed by atoms with van der Waals surface area (Å²) in [6.07, 6.45) is 3.77. The summed E-state index contributed by atoms with van der Waals surface area (Å²) in [7, 11) is 0. The van der Waals surface area contributed by atoms with Crippen molar-refractivity contribution >= 4 is 22.2 Å². The summed E-state index contributed by atoms with van der Waals surface area (Å²) in [4.78, 5) is 9.86. The van der Waals surface area contributed by atoms with E-state index < -0.39 is 0 Å². The molecule has 19 heavy (non-hydrogen) atoms. The van der Waals surface area contributed by atoms with Gasteiger partial charge in [-0.15, -0.1) is 11.3 Å². The van der Waals surface area contributed by atoms with E-state index in [1.807, 2.05) is 25.4 Å². The van der Waals surface area contributed by atoms with Crippen LogP contribution in [0.3, 0.4) is 0 Å². The average molecular weight is 269 g/mol. The molecule has 2 heterocycles. The molecule has 0 spiro atoms. The molecule has 0 atom stereocenters. The van der Waals surface area contributed by atoms with Gasteiger partial charge in [0.1, 0.15) is 0 Å². The first-order chi connectivity index (χ1) is 9.31. The first kappa shape index (κ1) is 12.3. The van der Waals surface area contributed by atoms with Gasteiger partial charge < -0.3 is 5.32 Å². The Bertz CT molecular complexity index is 690. The predicted molar refractivity (Wildman–Crippen MR) is 79.1 cm³/mol. The first-order valence-corrected chi connectivity index (χ1v) is 7.08. The number of hydrogen-bond donors (Lipinski definition) is 1. The normalized spacial score (nSPS) is 11.0. The van der Waals surface area contributed by atoms with Gasteiger partial charge in [-0.05, 0) is 30.7 Å². The molecule has 3 aromatic rings. The van der Waals surface area contributed by atoms with Crippen molar-refractivity contribution in [1.82, 2.24) is 15.3 Å². The molecule has 1 aromatic carbocycles. The van der Waals surface area contributed by atoms with E-state index in [0.717, 1.165) is 23.6 Å². The minimum absolute atomic E-state index is 0.863. The number of benzene rings is 1. The Morgan fingerprint density at radius 3 is 2.95 bits per heavy atom. The van der Waals surface area contributed by atoms with Gasteiger partial charge in [0.15, 0.2) is 0 Å². The summed E-state index contributed by atoms with van der Waals surface area (Å²) in [5.74, 6) is 0. The number of nitrogens with one attached hydrogen (secondary N) is 1. The van der Waals surface area contributed by atoms with Crippen molar-refractivity contribution in [1.29, 1.82) is 0 Å². The first-order valence-electron chi connectivity index (χ1n) is 6.27. The second kappa shape index (κ2) is 5.47. The van der Waals surface area contributed by atoms with Crippen LogP contribution in [0.25, 0.3) is 10.9 Å². The lowest BCUT2D eigenvalue weighted by atomic mass is 10.1. The molecule has 3 rings (SSSR count). The molecule has 4 heteroatoms. The Labute approximate surface area is 116 Å². The predicted octanol–water partition coefficient (Wildman–Crippen LogP) is 3.29. The maximum atomic E-state index is 4.33. The fourth-order valence-corrected chi connectivity index (χ4v) is 2.82. The summed E-state index contributed by atoms with van der Waals surface area (Å²) in [5, 5.41) is 5.76. The topological polar surface area (TPSA) is 37.8 Å². The van der Waals surface area contributed by atoms with E-state index in [1.165, 1.54) is 15.8 Å². The lowest BCUT2D eigenvalue weighted by Gasteiger charge is -2.04. The van der Waals surface area contributed by atoms with Gasteiger partial charge in [0.25, 0.3) is 0 Å². The Kier molecular flexibility index (Phi) is 3.53. The molecule has 0 amide bonds. The van der Waals surface area contributed by atoms with Crippen LogP contribution in [-0.2, 0) is 13.1 Å². The molecule has 1 N–H and O–H groups in total. The average Bonchev–Trinajstić information content (AvgIpc) is 2.84. The van der Waals surface area contributed by atoms with Crippen molar-refractivity contribution in [2.24, 2.45) is 0 Å². The smallest absolute Gasteiger partial charge is 0.0897 e. The third kappa shape index (κ3) is 2.97. The molecule has 0 bridgehead atoms. The van der Waals surface area contributed by atoms with Gasteiger partial charge in [0.05, 0.1) is 10.5 Å². The second-order valence-corrected chi connectivity index (χ2v) is 5.80. The van der Waals surface area contributed by atoms with Crippen LogP contribution < -0.4 is 5.32 Å². The molecule has 0 aliphatic carbocycles. The van der Waals surface area contributed by atoms with Gasteiger partial charge in [-0.1, -0.05) is 12.1 Å². The highest BCUT2D eigenvalue weighted by Gasteiger charge is 1.99. The van der Waals surface area contributed by atoms with Crippen LogP contribution in [0, 0.1) is 6.92 Å². The van der Waals surface area contributed by atoms with E-state index in [4.69, 9.17) is 0 Å². The van der Waals surface area contributed by atoms with Gasteiger partial charge in [0.2, 0.25) is 0 Å². The van der Waals surface area contributed by atoms with E-state index in [2.05, 4.69) is 39.6 Å². The van der Waals surface area contributed by atoms with E-state index in [0.29, 0.717) is 0 Å². The maximum Gasteiger partial charge on any atom is 0.0897 e. The van der Waals surface area contributed by atoms with Crippen LogP contribution in [0.15, 0.2) is 42.7 Å². The van der Waals surface area contributed by atoms with E-state index in [-0.39, 0.29) is 0 Å². The number of rotatable bonds is 4. The lowest BCUT2D eigenvalue weighted by Crippen LogP contribution is -2.11. The van der Waals surface area contributed by atoms with E-state index in [9.17, 15) is 0 Å². The van der Waals surface area contributed by atoms with Crippen molar-refractivity contribution in [3.8, 4) is 0 Å². The maximum absolute atomic E-state index is 4.33. The van der Waals surface area contributed by atoms with Gasteiger partial charge >= 0.3 is 0 Å². The molecule has 0 radical (unpaired) electrons. The van der Waals surface area contributed by atoms with E-state index in [1.54, 1.807) is 11.3 Å². The van der Waals surface area contributed by atoms with Crippen molar-refractivity contribution in [2.45, 2.75) is 20.0 Å². The van der Waals surface area contributed by atoms with Crippen LogP contribution in [0.5, 0.6) is 0 Å². The number of aromatic nitrogens is 2. The van der Waals surface area contributed by atoms with Crippen LogP contribution in [0.2, 0.25) is 0 Å². The molecule has 0 fully saturated rings. The number of thiazole rings is 1. The zero-order valence-corrected chi connectivity index (χ0v) is 11.6. The minimum atomic E-state index is 0.863. The lowest BCUT2D eigenvalue weighted by molar-refractivity contribution is 0.700. The molecule has 3 nitrogen and oxygen atoms in total. The molecule has 2 aromatic heterocycles. The number of aryl methyl sites for hydroxylation is 1. The second-order valence-electron chi connectivity index (χ2n) is 4.48. The van der Waals surface area contributed by atoms with Crippen LogP contribution >= 0.6 is 11.3 Å². The third-order valence-corrected chi connectivity index (χ3v) is 3.88. The Morgan fingerprint density at radius 2 is 2.11 bits per heavy atom. The monoisotopic (exact) mass is 269 g/mol. The minimum Gasteiger partial charge on any atom is -0.308 e. The zero-order valence-electron chi connectivity index (χ0n) is 10.8. The summed E-state index contributed by atoms with van der Waals surface area (Å²) in [6, 6.07) is 10.5. The highest BCUT2D eigenvalue weighted by Crippen LogP contribution is 2.14. The molecule has 0 unspecified atom stereocenters. The SMILES string of the molecule is Cc1ncc(CNCc2ccc3ncccc3c2)s1. The Morgan fingerprint density at radius 1 is 1.16 bits per heavy atom. The largest absolute Gasteiger partial charge is 0.308 e. The summed E-state index contributed by atoms with van der Waals surface area (Å²) < 4.78 is 0. The van der Waals surface area contributed by atoms with Crippen LogP contribution in [-0.4, -0.2) is 9.97 Å². The fraction of sp³-hybridized carbons (Fsp3) is 0.200. The number of hydrogen-bond acceptors (Lipinski definition) is 4. The Hall–Kier alpha value is -1.78.